The summed E-state index contributed by atoms with van der Waals surface area (Å²) in [4.78, 5) is 14.5. The van der Waals surface area contributed by atoms with Crippen LogP contribution in [0.3, 0.4) is 0 Å². The molecule has 2 N–H and O–H groups in total. The molecule has 1 unspecified atom stereocenters. The Morgan fingerprint density at radius 3 is 3.19 bits per heavy atom. The summed E-state index contributed by atoms with van der Waals surface area (Å²) in [5.74, 6) is -0.0343. The summed E-state index contributed by atoms with van der Waals surface area (Å²) in [5.41, 5.74) is 0.537. The van der Waals surface area contributed by atoms with E-state index in [1.165, 1.54) is 11.3 Å². The molecule has 1 aliphatic heterocycles. The van der Waals surface area contributed by atoms with Gasteiger partial charge in [-0.2, -0.15) is 5.26 Å². The predicted octanol–water partition coefficient (Wildman–Crippen LogP) is 2.02. The minimum atomic E-state index is -0.0343. The van der Waals surface area contributed by atoms with Gasteiger partial charge in [0.1, 0.15) is 11.1 Å². The quantitative estimate of drug-likeness (QED) is 0.844. The van der Waals surface area contributed by atoms with Gasteiger partial charge in [0, 0.05) is 12.6 Å². The van der Waals surface area contributed by atoms with Crippen LogP contribution in [0.5, 0.6) is 0 Å². The lowest BCUT2D eigenvalue weighted by atomic mass is 10.1. The molecule has 1 aromatic rings. The number of carbonyl (C=O) groups excluding carboxylic acids is 1. The zero-order valence-electron chi connectivity index (χ0n) is 12.4. The molecule has 0 bridgehead atoms. The maximum Gasteiger partial charge on any atom is 0.239 e. The highest BCUT2D eigenvalue weighted by Gasteiger charge is 2.22. The minimum Gasteiger partial charge on any atom is -0.315 e. The Bertz CT molecular complexity index is 502. The van der Waals surface area contributed by atoms with E-state index < -0.39 is 0 Å². The fourth-order valence-electron chi connectivity index (χ4n) is 2.67. The normalized spacial score (nSPS) is 18.4. The number of nitrogens with zero attached hydrogens (tertiary/aromatic N) is 2. The number of hydrogen-bond donors (Lipinski definition) is 2. The summed E-state index contributed by atoms with van der Waals surface area (Å²) >= 11 is 1.39. The van der Waals surface area contributed by atoms with Gasteiger partial charge in [-0.15, -0.1) is 11.3 Å². The Balaban J connectivity index is 1.93. The van der Waals surface area contributed by atoms with Crippen LogP contribution in [0.4, 0.5) is 5.00 Å². The molecule has 1 aliphatic rings. The Morgan fingerprint density at radius 2 is 2.52 bits per heavy atom. The highest BCUT2D eigenvalue weighted by molar-refractivity contribution is 7.14. The predicted molar refractivity (Wildman–Crippen MR) is 85.4 cm³/mol. The molecular weight excluding hydrogens is 284 g/mol. The lowest BCUT2D eigenvalue weighted by Crippen LogP contribution is -2.48. The van der Waals surface area contributed by atoms with Crippen molar-refractivity contribution in [3.63, 3.8) is 0 Å². The van der Waals surface area contributed by atoms with E-state index in [-0.39, 0.29) is 5.91 Å². The third kappa shape index (κ3) is 4.53. The summed E-state index contributed by atoms with van der Waals surface area (Å²) in [6.45, 7) is 5.48. The fraction of sp³-hybridized carbons (Fsp3) is 0.600. The van der Waals surface area contributed by atoms with Crippen molar-refractivity contribution >= 4 is 22.2 Å². The van der Waals surface area contributed by atoms with Crippen molar-refractivity contribution in [1.29, 1.82) is 5.26 Å². The SMILES string of the molecule is CCCN(CC(=O)Nc1sccc1C#N)C1CCCNC1. The van der Waals surface area contributed by atoms with Gasteiger partial charge in [-0.05, 0) is 43.8 Å². The summed E-state index contributed by atoms with van der Waals surface area (Å²) in [6.07, 6.45) is 3.34. The molecule has 1 aromatic heterocycles. The van der Waals surface area contributed by atoms with Crippen molar-refractivity contribution in [3.05, 3.63) is 17.0 Å². The zero-order valence-corrected chi connectivity index (χ0v) is 13.2. The third-order valence-corrected chi connectivity index (χ3v) is 4.51. The Hall–Kier alpha value is -1.42. The van der Waals surface area contributed by atoms with E-state index in [1.54, 1.807) is 6.07 Å². The smallest absolute Gasteiger partial charge is 0.239 e. The molecule has 0 aliphatic carbocycles. The second kappa shape index (κ2) is 8.13. The van der Waals surface area contributed by atoms with E-state index >= 15 is 0 Å². The van der Waals surface area contributed by atoms with E-state index in [1.807, 2.05) is 5.38 Å². The van der Waals surface area contributed by atoms with E-state index in [9.17, 15) is 4.79 Å². The lowest BCUT2D eigenvalue weighted by molar-refractivity contribution is -0.118. The van der Waals surface area contributed by atoms with Crippen LogP contribution in [0, 0.1) is 11.3 Å². The number of nitriles is 1. The van der Waals surface area contributed by atoms with Gasteiger partial charge in [0.15, 0.2) is 0 Å². The van der Waals surface area contributed by atoms with Crippen molar-refractivity contribution in [2.24, 2.45) is 0 Å². The van der Waals surface area contributed by atoms with Gasteiger partial charge in [0.05, 0.1) is 12.1 Å². The summed E-state index contributed by atoms with van der Waals surface area (Å²) in [7, 11) is 0. The van der Waals surface area contributed by atoms with Gasteiger partial charge in [0.2, 0.25) is 5.91 Å². The number of hydrogen-bond acceptors (Lipinski definition) is 5. The summed E-state index contributed by atoms with van der Waals surface area (Å²) in [6, 6.07) is 4.26. The van der Waals surface area contributed by atoms with Crippen molar-refractivity contribution < 1.29 is 4.79 Å². The van der Waals surface area contributed by atoms with Gasteiger partial charge in [-0.1, -0.05) is 6.92 Å². The van der Waals surface area contributed by atoms with Crippen LogP contribution >= 0.6 is 11.3 Å². The van der Waals surface area contributed by atoms with E-state index in [0.717, 1.165) is 38.9 Å². The largest absolute Gasteiger partial charge is 0.315 e. The van der Waals surface area contributed by atoms with Crippen LogP contribution in [0.25, 0.3) is 0 Å². The molecular formula is C15H22N4OS. The molecule has 1 fully saturated rings. The van der Waals surface area contributed by atoms with Crippen LogP contribution in [0.2, 0.25) is 0 Å². The van der Waals surface area contributed by atoms with Crippen LogP contribution in [-0.2, 0) is 4.79 Å². The number of anilines is 1. The first-order chi connectivity index (χ1) is 10.2. The second-order valence-electron chi connectivity index (χ2n) is 5.29. The minimum absolute atomic E-state index is 0.0343. The summed E-state index contributed by atoms with van der Waals surface area (Å²) < 4.78 is 0. The van der Waals surface area contributed by atoms with Crippen molar-refractivity contribution in [3.8, 4) is 6.07 Å². The lowest BCUT2D eigenvalue weighted by Gasteiger charge is -2.34. The molecule has 1 saturated heterocycles. The molecule has 0 spiro atoms. The van der Waals surface area contributed by atoms with Gasteiger partial charge in [-0.25, -0.2) is 0 Å². The van der Waals surface area contributed by atoms with Gasteiger partial charge in [-0.3, -0.25) is 9.69 Å². The van der Waals surface area contributed by atoms with E-state index in [0.29, 0.717) is 23.2 Å². The van der Waals surface area contributed by atoms with Crippen molar-refractivity contribution in [2.45, 2.75) is 32.2 Å². The highest BCUT2D eigenvalue weighted by Crippen LogP contribution is 2.22. The molecule has 2 rings (SSSR count). The number of thiophene rings is 1. The van der Waals surface area contributed by atoms with Crippen LogP contribution in [0.1, 0.15) is 31.7 Å². The van der Waals surface area contributed by atoms with Crippen molar-refractivity contribution in [2.75, 3.05) is 31.5 Å². The first-order valence-corrected chi connectivity index (χ1v) is 8.34. The molecule has 2 heterocycles. The van der Waals surface area contributed by atoms with E-state index in [2.05, 4.69) is 28.5 Å². The molecule has 0 saturated carbocycles. The average Bonchev–Trinajstić information content (AvgIpc) is 2.95. The van der Waals surface area contributed by atoms with Crippen LogP contribution < -0.4 is 10.6 Å². The molecule has 21 heavy (non-hydrogen) atoms. The number of rotatable bonds is 6. The standard InChI is InChI=1S/C15H22N4OS/c1-2-7-19(13-4-3-6-17-10-13)11-14(20)18-15-12(9-16)5-8-21-15/h5,8,13,17H,2-4,6-7,10-11H2,1H3,(H,18,20). The monoisotopic (exact) mass is 306 g/mol. The summed E-state index contributed by atoms with van der Waals surface area (Å²) in [5, 5.41) is 17.7. The number of amides is 1. The highest BCUT2D eigenvalue weighted by atomic mass is 32.1. The zero-order chi connectivity index (χ0) is 15.1. The number of piperidine rings is 1. The third-order valence-electron chi connectivity index (χ3n) is 3.68. The van der Waals surface area contributed by atoms with Gasteiger partial charge in [0.25, 0.3) is 0 Å². The van der Waals surface area contributed by atoms with E-state index in [4.69, 9.17) is 5.26 Å². The van der Waals surface area contributed by atoms with Crippen molar-refractivity contribution in [1.82, 2.24) is 10.2 Å². The molecule has 1 amide bonds. The second-order valence-corrected chi connectivity index (χ2v) is 6.21. The first kappa shape index (κ1) is 16.0. The molecule has 0 radical (unpaired) electrons. The number of carbonyl (C=O) groups is 1. The molecule has 114 valence electrons. The van der Waals surface area contributed by atoms with Crippen LogP contribution in [-0.4, -0.2) is 43.0 Å². The van der Waals surface area contributed by atoms with Gasteiger partial charge >= 0.3 is 0 Å². The molecule has 5 nitrogen and oxygen atoms in total. The molecule has 0 aromatic carbocycles. The van der Waals surface area contributed by atoms with Gasteiger partial charge < -0.3 is 10.6 Å². The molecule has 1 atom stereocenters. The maximum atomic E-state index is 12.2. The maximum absolute atomic E-state index is 12.2. The Kier molecular flexibility index (Phi) is 6.18. The molecule has 6 heteroatoms. The topological polar surface area (TPSA) is 68.2 Å². The first-order valence-electron chi connectivity index (χ1n) is 7.46. The van der Waals surface area contributed by atoms with Crippen LogP contribution in [0.15, 0.2) is 11.4 Å². The Labute approximate surface area is 129 Å². The fourth-order valence-corrected chi connectivity index (χ4v) is 3.42. The number of nitrogens with one attached hydrogen (secondary N) is 2. The Morgan fingerprint density at radius 1 is 1.67 bits per heavy atom. The average molecular weight is 306 g/mol.